The van der Waals surface area contributed by atoms with Crippen LogP contribution in [-0.2, 0) is 22.8 Å². The van der Waals surface area contributed by atoms with E-state index in [0.717, 1.165) is 25.9 Å². The van der Waals surface area contributed by atoms with Crippen molar-refractivity contribution in [3.8, 4) is 0 Å². The summed E-state index contributed by atoms with van der Waals surface area (Å²) in [6.45, 7) is 1.80. The van der Waals surface area contributed by atoms with Crippen LogP contribution in [0.3, 0.4) is 0 Å². The Morgan fingerprint density at radius 3 is 2.45 bits per heavy atom. The number of sulfone groups is 1. The lowest BCUT2D eigenvalue weighted by Crippen LogP contribution is -2.32. The summed E-state index contributed by atoms with van der Waals surface area (Å²) in [6.07, 6.45) is 1.80. The van der Waals surface area contributed by atoms with E-state index in [-0.39, 0.29) is 6.04 Å². The Morgan fingerprint density at radius 2 is 1.90 bits per heavy atom. The fraction of sp³-hybridized carbons (Fsp3) is 0.600. The van der Waals surface area contributed by atoms with Gasteiger partial charge in [0.25, 0.3) is 0 Å². The summed E-state index contributed by atoms with van der Waals surface area (Å²) in [5.74, 6) is 0.648. The zero-order chi connectivity index (χ0) is 14.6. The van der Waals surface area contributed by atoms with Gasteiger partial charge in [0.2, 0.25) is 0 Å². The van der Waals surface area contributed by atoms with Gasteiger partial charge < -0.3 is 5.32 Å². The van der Waals surface area contributed by atoms with E-state index < -0.39 is 9.84 Å². The topological polar surface area (TPSA) is 49.4 Å². The molecule has 1 saturated heterocycles. The van der Waals surface area contributed by atoms with Crippen LogP contribution in [0.25, 0.3) is 0 Å². The average Bonchev–Trinajstić information content (AvgIpc) is 2.78. The van der Waals surface area contributed by atoms with Gasteiger partial charge in [-0.25, -0.2) is 8.42 Å². The molecule has 1 aromatic rings. The van der Waals surface area contributed by atoms with Gasteiger partial charge in [-0.3, -0.25) is 4.90 Å². The predicted molar refractivity (Wildman–Crippen MR) is 82.6 cm³/mol. The van der Waals surface area contributed by atoms with Crippen LogP contribution in [0.1, 0.15) is 17.5 Å². The van der Waals surface area contributed by atoms with Crippen molar-refractivity contribution in [2.45, 2.75) is 25.4 Å². The Bertz CT molecular complexity index is 525. The van der Waals surface area contributed by atoms with Crippen LogP contribution in [-0.4, -0.2) is 51.5 Å². The summed E-state index contributed by atoms with van der Waals surface area (Å²) in [4.78, 5) is 2.16. The van der Waals surface area contributed by atoms with Gasteiger partial charge in [-0.2, -0.15) is 0 Å². The standard InChI is InChI=1S/C15H24N2O2S/c1-16-9-7-13-3-5-14(6-4-13)11-17(2)15-8-10-20(18,19)12-15/h3-6,15-16H,7-12H2,1-2H3. The second-order valence-corrected chi connectivity index (χ2v) is 7.87. The molecule has 0 amide bonds. The van der Waals surface area contributed by atoms with Gasteiger partial charge in [-0.15, -0.1) is 0 Å². The monoisotopic (exact) mass is 296 g/mol. The van der Waals surface area contributed by atoms with E-state index in [4.69, 9.17) is 0 Å². The molecule has 1 aromatic carbocycles. The fourth-order valence-corrected chi connectivity index (χ4v) is 4.43. The van der Waals surface area contributed by atoms with Crippen LogP contribution in [0.4, 0.5) is 0 Å². The zero-order valence-electron chi connectivity index (χ0n) is 12.3. The van der Waals surface area contributed by atoms with Crippen molar-refractivity contribution in [1.82, 2.24) is 10.2 Å². The summed E-state index contributed by atoms with van der Waals surface area (Å²) in [5.41, 5.74) is 2.57. The highest BCUT2D eigenvalue weighted by molar-refractivity contribution is 7.91. The van der Waals surface area contributed by atoms with Crippen LogP contribution in [0.5, 0.6) is 0 Å². The van der Waals surface area contributed by atoms with Crippen molar-refractivity contribution in [2.24, 2.45) is 0 Å². The third-order valence-electron chi connectivity index (χ3n) is 3.95. The fourth-order valence-electron chi connectivity index (χ4n) is 2.62. The lowest BCUT2D eigenvalue weighted by atomic mass is 10.1. The summed E-state index contributed by atoms with van der Waals surface area (Å²) in [5, 5.41) is 3.14. The van der Waals surface area contributed by atoms with E-state index in [1.807, 2.05) is 14.1 Å². The maximum atomic E-state index is 11.5. The van der Waals surface area contributed by atoms with Crippen molar-refractivity contribution in [2.75, 3.05) is 32.1 Å². The van der Waals surface area contributed by atoms with E-state index in [1.165, 1.54) is 11.1 Å². The van der Waals surface area contributed by atoms with Crippen molar-refractivity contribution >= 4 is 9.84 Å². The molecule has 0 radical (unpaired) electrons. The molecular formula is C15H24N2O2S. The van der Waals surface area contributed by atoms with Crippen LogP contribution in [0.15, 0.2) is 24.3 Å². The third kappa shape index (κ3) is 4.30. The number of likely N-dealkylation sites (N-methyl/N-ethyl adjacent to an activating group) is 1. The maximum absolute atomic E-state index is 11.5. The summed E-state index contributed by atoms with van der Waals surface area (Å²) < 4.78 is 23.0. The minimum atomic E-state index is -2.80. The molecule has 1 N–H and O–H groups in total. The first kappa shape index (κ1) is 15.5. The van der Waals surface area contributed by atoms with Crippen molar-refractivity contribution in [3.63, 3.8) is 0 Å². The SMILES string of the molecule is CNCCc1ccc(CN(C)C2CCS(=O)(=O)C2)cc1. The molecule has 0 spiro atoms. The minimum absolute atomic E-state index is 0.170. The Morgan fingerprint density at radius 1 is 1.25 bits per heavy atom. The summed E-state index contributed by atoms with van der Waals surface area (Å²) in [7, 11) is 1.17. The highest BCUT2D eigenvalue weighted by atomic mass is 32.2. The van der Waals surface area contributed by atoms with Gasteiger partial charge in [0.15, 0.2) is 9.84 Å². The molecular weight excluding hydrogens is 272 g/mol. The number of hydrogen-bond acceptors (Lipinski definition) is 4. The average molecular weight is 296 g/mol. The molecule has 0 bridgehead atoms. The first-order valence-corrected chi connectivity index (χ1v) is 8.95. The van der Waals surface area contributed by atoms with E-state index in [0.29, 0.717) is 11.5 Å². The van der Waals surface area contributed by atoms with Gasteiger partial charge in [-0.05, 0) is 44.6 Å². The van der Waals surface area contributed by atoms with Crippen molar-refractivity contribution < 1.29 is 8.42 Å². The first-order chi connectivity index (χ1) is 9.50. The lowest BCUT2D eigenvalue weighted by molar-refractivity contribution is 0.254. The molecule has 1 heterocycles. The Hall–Kier alpha value is -0.910. The van der Waals surface area contributed by atoms with Gasteiger partial charge in [0.05, 0.1) is 11.5 Å². The summed E-state index contributed by atoms with van der Waals surface area (Å²) in [6, 6.07) is 8.78. The number of nitrogens with zero attached hydrogens (tertiary/aromatic N) is 1. The first-order valence-electron chi connectivity index (χ1n) is 7.13. The maximum Gasteiger partial charge on any atom is 0.151 e. The normalized spacial score (nSPS) is 21.4. The second kappa shape index (κ2) is 6.70. The minimum Gasteiger partial charge on any atom is -0.319 e. The van der Waals surface area contributed by atoms with Crippen LogP contribution in [0.2, 0.25) is 0 Å². The van der Waals surface area contributed by atoms with Gasteiger partial charge in [-0.1, -0.05) is 24.3 Å². The molecule has 1 atom stereocenters. The number of nitrogens with one attached hydrogen (secondary N) is 1. The molecule has 4 nitrogen and oxygen atoms in total. The Labute approximate surface area is 122 Å². The van der Waals surface area contributed by atoms with E-state index in [2.05, 4.69) is 34.5 Å². The van der Waals surface area contributed by atoms with E-state index >= 15 is 0 Å². The van der Waals surface area contributed by atoms with Crippen LogP contribution >= 0.6 is 0 Å². The molecule has 0 aromatic heterocycles. The quantitative estimate of drug-likeness (QED) is 0.853. The molecule has 5 heteroatoms. The van der Waals surface area contributed by atoms with Crippen molar-refractivity contribution in [3.05, 3.63) is 35.4 Å². The van der Waals surface area contributed by atoms with E-state index in [1.54, 1.807) is 0 Å². The lowest BCUT2D eigenvalue weighted by Gasteiger charge is -2.23. The smallest absolute Gasteiger partial charge is 0.151 e. The Balaban J connectivity index is 1.89. The van der Waals surface area contributed by atoms with Crippen LogP contribution in [0, 0.1) is 0 Å². The molecule has 112 valence electrons. The van der Waals surface area contributed by atoms with Gasteiger partial charge in [0.1, 0.15) is 0 Å². The largest absolute Gasteiger partial charge is 0.319 e. The van der Waals surface area contributed by atoms with Crippen molar-refractivity contribution in [1.29, 1.82) is 0 Å². The van der Waals surface area contributed by atoms with Gasteiger partial charge in [0, 0.05) is 12.6 Å². The molecule has 0 saturated carbocycles. The molecule has 2 rings (SSSR count). The third-order valence-corrected chi connectivity index (χ3v) is 5.70. The molecule has 1 aliphatic rings. The predicted octanol–water partition coefficient (Wildman–Crippen LogP) is 1.07. The molecule has 0 aliphatic carbocycles. The second-order valence-electron chi connectivity index (χ2n) is 5.64. The van der Waals surface area contributed by atoms with Crippen LogP contribution < -0.4 is 5.32 Å². The number of hydrogen-bond donors (Lipinski definition) is 1. The number of rotatable bonds is 6. The summed E-state index contributed by atoms with van der Waals surface area (Å²) >= 11 is 0. The molecule has 20 heavy (non-hydrogen) atoms. The zero-order valence-corrected chi connectivity index (χ0v) is 13.1. The Kier molecular flexibility index (Phi) is 5.18. The highest BCUT2D eigenvalue weighted by Crippen LogP contribution is 2.18. The highest BCUT2D eigenvalue weighted by Gasteiger charge is 2.30. The molecule has 1 aliphatic heterocycles. The molecule has 1 fully saturated rings. The van der Waals surface area contributed by atoms with Gasteiger partial charge >= 0.3 is 0 Å². The van der Waals surface area contributed by atoms with E-state index in [9.17, 15) is 8.42 Å². The molecule has 1 unspecified atom stereocenters. The number of benzene rings is 1.